The second-order valence-corrected chi connectivity index (χ2v) is 6.84. The second kappa shape index (κ2) is 9.97. The van der Waals surface area contributed by atoms with Gasteiger partial charge in [0.05, 0.1) is 12.2 Å². The molecule has 8 heteroatoms. The highest BCUT2D eigenvalue weighted by Gasteiger charge is 2.29. The van der Waals surface area contributed by atoms with Gasteiger partial charge in [0.15, 0.2) is 0 Å². The van der Waals surface area contributed by atoms with Crippen molar-refractivity contribution in [1.29, 1.82) is 0 Å². The van der Waals surface area contributed by atoms with Crippen LogP contribution >= 0.6 is 0 Å². The molecule has 0 radical (unpaired) electrons. The normalized spacial score (nSPS) is 10.8. The van der Waals surface area contributed by atoms with E-state index in [1.165, 1.54) is 24.3 Å². The van der Waals surface area contributed by atoms with Crippen molar-refractivity contribution in [3.05, 3.63) is 47.0 Å². The van der Waals surface area contributed by atoms with Gasteiger partial charge >= 0.3 is 5.97 Å². The summed E-state index contributed by atoms with van der Waals surface area (Å²) in [7, 11) is 3.83. The third-order valence-corrected chi connectivity index (χ3v) is 4.30. The van der Waals surface area contributed by atoms with Crippen LogP contribution in [0.1, 0.15) is 39.9 Å². The smallest absolute Gasteiger partial charge is 0.340 e. The van der Waals surface area contributed by atoms with Crippen LogP contribution in [0.3, 0.4) is 0 Å². The Hall–Kier alpha value is -3.00. The average molecular weight is 403 g/mol. The van der Waals surface area contributed by atoms with Crippen LogP contribution < -0.4 is 5.32 Å². The molecule has 0 aliphatic heterocycles. The van der Waals surface area contributed by atoms with Crippen molar-refractivity contribution >= 4 is 17.7 Å². The summed E-state index contributed by atoms with van der Waals surface area (Å²) < 4.78 is 18.5. The zero-order valence-electron chi connectivity index (χ0n) is 17.1. The predicted molar refractivity (Wildman–Crippen MR) is 107 cm³/mol. The number of amides is 1. The van der Waals surface area contributed by atoms with E-state index in [4.69, 9.17) is 4.74 Å². The zero-order chi connectivity index (χ0) is 21.6. The first-order chi connectivity index (χ1) is 13.8. The van der Waals surface area contributed by atoms with Crippen LogP contribution in [0.2, 0.25) is 0 Å². The minimum Gasteiger partial charge on any atom is -0.462 e. The number of aromatic nitrogens is 1. The molecule has 1 aromatic heterocycles. The molecule has 1 heterocycles. The summed E-state index contributed by atoms with van der Waals surface area (Å²) in [5.74, 6) is -2.65. The fourth-order valence-electron chi connectivity index (χ4n) is 2.95. The number of nitrogens with zero attached hydrogens (tertiary/aromatic N) is 1. The summed E-state index contributed by atoms with van der Waals surface area (Å²) in [5, 5.41) is 2.60. The van der Waals surface area contributed by atoms with Gasteiger partial charge in [-0.15, -0.1) is 0 Å². The number of ether oxygens (including phenoxy) is 1. The molecule has 0 unspecified atom stereocenters. The number of halogens is 1. The van der Waals surface area contributed by atoms with Gasteiger partial charge in [0.2, 0.25) is 0 Å². The van der Waals surface area contributed by atoms with Gasteiger partial charge in [-0.1, -0.05) is 12.1 Å². The number of aromatic amines is 1. The van der Waals surface area contributed by atoms with Crippen LogP contribution in [-0.2, 0) is 9.53 Å². The van der Waals surface area contributed by atoms with Crippen molar-refractivity contribution in [2.24, 2.45) is 0 Å². The number of esters is 1. The van der Waals surface area contributed by atoms with Crippen LogP contribution in [0, 0.1) is 12.7 Å². The summed E-state index contributed by atoms with van der Waals surface area (Å²) >= 11 is 0. The fourth-order valence-corrected chi connectivity index (χ4v) is 2.95. The maximum Gasteiger partial charge on any atom is 0.340 e. The first kappa shape index (κ1) is 22.3. The molecule has 0 aliphatic rings. The lowest BCUT2D eigenvalue weighted by Crippen LogP contribution is -2.33. The zero-order valence-corrected chi connectivity index (χ0v) is 17.1. The van der Waals surface area contributed by atoms with Gasteiger partial charge in [-0.25, -0.2) is 9.18 Å². The van der Waals surface area contributed by atoms with E-state index in [0.29, 0.717) is 24.2 Å². The molecule has 0 spiro atoms. The number of hydrogen-bond donors (Lipinski definition) is 2. The molecule has 0 fully saturated rings. The van der Waals surface area contributed by atoms with E-state index in [9.17, 15) is 18.8 Å². The molecule has 1 aromatic carbocycles. The first-order valence-electron chi connectivity index (χ1n) is 9.39. The van der Waals surface area contributed by atoms with E-state index in [0.717, 1.165) is 6.54 Å². The quantitative estimate of drug-likeness (QED) is 0.291. The highest BCUT2D eigenvalue weighted by Crippen LogP contribution is 2.31. The Morgan fingerprint density at radius 3 is 2.41 bits per heavy atom. The molecular weight excluding hydrogens is 377 g/mol. The Bertz CT molecular complexity index is 888. The highest BCUT2D eigenvalue weighted by atomic mass is 19.1. The molecule has 0 atom stereocenters. The van der Waals surface area contributed by atoms with Crippen LogP contribution in [0.25, 0.3) is 11.1 Å². The predicted octanol–water partition coefficient (Wildman–Crippen LogP) is 2.56. The number of ketones is 1. The molecule has 0 saturated heterocycles. The maximum atomic E-state index is 13.4. The second-order valence-electron chi connectivity index (χ2n) is 6.84. The lowest BCUT2D eigenvalue weighted by Gasteiger charge is -2.10. The Kier molecular flexibility index (Phi) is 7.67. The molecule has 156 valence electrons. The van der Waals surface area contributed by atoms with Gasteiger partial charge < -0.3 is 19.9 Å². The van der Waals surface area contributed by atoms with Crippen LogP contribution in [-0.4, -0.2) is 61.3 Å². The molecule has 2 N–H and O–H groups in total. The monoisotopic (exact) mass is 403 g/mol. The molecule has 0 aliphatic carbocycles. The minimum absolute atomic E-state index is 0.0257. The highest BCUT2D eigenvalue weighted by molar-refractivity contribution is 6.43. The number of Topliss-reactive ketones (excluding diaryl/α,β-unsaturated/α-hetero) is 1. The summed E-state index contributed by atoms with van der Waals surface area (Å²) in [6, 6.07) is 5.35. The Morgan fingerprint density at radius 2 is 1.83 bits per heavy atom. The van der Waals surface area contributed by atoms with E-state index >= 15 is 0 Å². The van der Waals surface area contributed by atoms with E-state index in [2.05, 4.69) is 10.3 Å². The number of carbonyl (C=O) groups excluding carboxylic acids is 3. The molecule has 2 rings (SSSR count). The number of benzene rings is 1. The number of nitrogens with one attached hydrogen (secondary N) is 2. The van der Waals surface area contributed by atoms with E-state index < -0.39 is 23.5 Å². The summed E-state index contributed by atoms with van der Waals surface area (Å²) in [6.45, 7) is 4.56. The van der Waals surface area contributed by atoms with Crippen LogP contribution in [0.15, 0.2) is 24.3 Å². The Balaban J connectivity index is 2.39. The fraction of sp³-hybridized carbons (Fsp3) is 0.381. The van der Waals surface area contributed by atoms with Gasteiger partial charge in [0, 0.05) is 17.8 Å². The third kappa shape index (κ3) is 5.51. The van der Waals surface area contributed by atoms with Crippen molar-refractivity contribution < 1.29 is 23.5 Å². The van der Waals surface area contributed by atoms with Crippen molar-refractivity contribution in [2.45, 2.75) is 20.3 Å². The molecule has 1 amide bonds. The van der Waals surface area contributed by atoms with Crippen molar-refractivity contribution in [1.82, 2.24) is 15.2 Å². The lowest BCUT2D eigenvalue weighted by atomic mass is 9.98. The van der Waals surface area contributed by atoms with Crippen LogP contribution in [0.5, 0.6) is 0 Å². The third-order valence-electron chi connectivity index (χ3n) is 4.30. The van der Waals surface area contributed by atoms with Crippen LogP contribution in [0.4, 0.5) is 4.39 Å². The summed E-state index contributed by atoms with van der Waals surface area (Å²) in [4.78, 5) is 42.5. The number of H-pyrrole nitrogens is 1. The van der Waals surface area contributed by atoms with Crippen molar-refractivity contribution in [3.63, 3.8) is 0 Å². The topological polar surface area (TPSA) is 91.5 Å². The van der Waals surface area contributed by atoms with Crippen molar-refractivity contribution in [3.8, 4) is 11.1 Å². The number of aryl methyl sites for hydroxylation is 1. The maximum absolute atomic E-state index is 13.4. The van der Waals surface area contributed by atoms with Gasteiger partial charge in [-0.05, 0) is 58.6 Å². The molecule has 0 saturated carbocycles. The first-order valence-corrected chi connectivity index (χ1v) is 9.39. The van der Waals surface area contributed by atoms with Gasteiger partial charge in [0.25, 0.3) is 11.7 Å². The van der Waals surface area contributed by atoms with E-state index in [1.807, 2.05) is 19.0 Å². The Morgan fingerprint density at radius 1 is 1.17 bits per heavy atom. The largest absolute Gasteiger partial charge is 0.462 e. The summed E-state index contributed by atoms with van der Waals surface area (Å²) in [6.07, 6.45) is 0.689. The molecule has 2 aromatic rings. The summed E-state index contributed by atoms with van der Waals surface area (Å²) in [5.41, 5.74) is 1.19. The molecule has 0 bridgehead atoms. The van der Waals surface area contributed by atoms with E-state index in [-0.39, 0.29) is 23.4 Å². The van der Waals surface area contributed by atoms with Gasteiger partial charge in [-0.2, -0.15) is 0 Å². The van der Waals surface area contributed by atoms with Gasteiger partial charge in [-0.3, -0.25) is 9.59 Å². The van der Waals surface area contributed by atoms with E-state index in [1.54, 1.807) is 13.8 Å². The SMILES string of the molecule is CCOC(=O)c1c(C)[nH]c(C(=O)C(=O)NCCCN(C)C)c1-c1ccc(F)cc1. The van der Waals surface area contributed by atoms with Gasteiger partial charge in [0.1, 0.15) is 11.5 Å². The molecular formula is C21H26FN3O4. The number of carbonyl (C=O) groups is 3. The lowest BCUT2D eigenvalue weighted by molar-refractivity contribution is -0.117. The number of rotatable bonds is 9. The average Bonchev–Trinajstić information content (AvgIpc) is 3.02. The standard InChI is InChI=1S/C21H26FN3O4/c1-5-29-21(28)16-13(2)24-18(17(16)14-7-9-15(22)10-8-14)19(26)20(27)23-11-6-12-25(3)4/h7-10,24H,5-6,11-12H2,1-4H3,(H,23,27). The molecule has 7 nitrogen and oxygen atoms in total. The number of hydrogen-bond acceptors (Lipinski definition) is 5. The van der Waals surface area contributed by atoms with Crippen molar-refractivity contribution in [2.75, 3.05) is 33.8 Å². The molecule has 29 heavy (non-hydrogen) atoms. The minimum atomic E-state index is -0.798. The Labute approximate surface area is 169 Å².